The zero-order valence-corrected chi connectivity index (χ0v) is 13.8. The zero-order valence-electron chi connectivity index (χ0n) is 13.8. The van der Waals surface area contributed by atoms with Crippen molar-refractivity contribution >= 4 is 5.69 Å². The number of hydrogen-bond donors (Lipinski definition) is 1. The number of hydrogen-bond acceptors (Lipinski definition) is 3. The van der Waals surface area contributed by atoms with E-state index in [1.165, 1.54) is 43.4 Å². The summed E-state index contributed by atoms with van der Waals surface area (Å²) in [7, 11) is 1.78. The Bertz CT molecular complexity index is 433. The van der Waals surface area contributed by atoms with Crippen LogP contribution in [0.5, 0.6) is 5.75 Å². The minimum Gasteiger partial charge on any atom is -0.495 e. The van der Waals surface area contributed by atoms with Crippen molar-refractivity contribution < 1.29 is 4.74 Å². The number of benzene rings is 1. The summed E-state index contributed by atoms with van der Waals surface area (Å²) >= 11 is 0. The van der Waals surface area contributed by atoms with Crippen molar-refractivity contribution in [3.05, 3.63) is 23.8 Å². The number of rotatable bonds is 7. The standard InChI is InChI=1S/C18H30N2O/c1-4-11-19-14-15-9-10-17(18(13-15)21-3)20-12-7-6-8-16(20)5-2/h9-10,13,16,19H,4-8,11-12,14H2,1-3H3. The second-order valence-corrected chi connectivity index (χ2v) is 5.93. The Morgan fingerprint density at radius 1 is 1.29 bits per heavy atom. The predicted molar refractivity (Wildman–Crippen MR) is 90.3 cm³/mol. The molecule has 0 spiro atoms. The summed E-state index contributed by atoms with van der Waals surface area (Å²) in [5.74, 6) is 1.02. The Labute approximate surface area is 129 Å². The van der Waals surface area contributed by atoms with Gasteiger partial charge in [-0.15, -0.1) is 0 Å². The molecule has 1 atom stereocenters. The molecule has 1 aliphatic heterocycles. The third-order valence-corrected chi connectivity index (χ3v) is 4.41. The first-order valence-corrected chi connectivity index (χ1v) is 8.44. The number of nitrogens with zero attached hydrogens (tertiary/aromatic N) is 1. The van der Waals surface area contributed by atoms with Gasteiger partial charge in [-0.25, -0.2) is 0 Å². The molecule has 1 aromatic carbocycles. The van der Waals surface area contributed by atoms with Crippen LogP contribution in [-0.2, 0) is 6.54 Å². The molecule has 1 N–H and O–H groups in total. The Morgan fingerprint density at radius 3 is 2.86 bits per heavy atom. The maximum Gasteiger partial charge on any atom is 0.142 e. The summed E-state index contributed by atoms with van der Waals surface area (Å²) in [6, 6.07) is 7.34. The first-order valence-electron chi connectivity index (χ1n) is 8.44. The molecule has 1 fully saturated rings. The second kappa shape index (κ2) is 8.28. The summed E-state index contributed by atoms with van der Waals surface area (Å²) in [6.07, 6.45) is 6.33. The van der Waals surface area contributed by atoms with Crippen molar-refractivity contribution in [3.63, 3.8) is 0 Å². The van der Waals surface area contributed by atoms with Gasteiger partial charge in [-0.1, -0.05) is 19.9 Å². The first-order chi connectivity index (χ1) is 10.3. The molecule has 1 aromatic rings. The lowest BCUT2D eigenvalue weighted by molar-refractivity contribution is 0.402. The van der Waals surface area contributed by atoms with E-state index in [9.17, 15) is 0 Å². The van der Waals surface area contributed by atoms with Gasteiger partial charge in [0, 0.05) is 19.1 Å². The second-order valence-electron chi connectivity index (χ2n) is 5.93. The van der Waals surface area contributed by atoms with Gasteiger partial charge >= 0.3 is 0 Å². The lowest BCUT2D eigenvalue weighted by atomic mass is 9.98. The van der Waals surface area contributed by atoms with Crippen LogP contribution in [0.4, 0.5) is 5.69 Å². The van der Waals surface area contributed by atoms with Gasteiger partial charge in [-0.3, -0.25) is 0 Å². The van der Waals surface area contributed by atoms with E-state index in [4.69, 9.17) is 4.74 Å². The van der Waals surface area contributed by atoms with E-state index >= 15 is 0 Å². The van der Waals surface area contributed by atoms with E-state index in [2.05, 4.69) is 42.3 Å². The van der Waals surface area contributed by atoms with Crippen molar-refractivity contribution in [1.82, 2.24) is 5.32 Å². The fourth-order valence-corrected chi connectivity index (χ4v) is 3.22. The van der Waals surface area contributed by atoms with Crippen LogP contribution < -0.4 is 15.0 Å². The van der Waals surface area contributed by atoms with Crippen LogP contribution in [0.1, 0.15) is 51.5 Å². The van der Waals surface area contributed by atoms with Gasteiger partial charge < -0.3 is 15.0 Å². The first kappa shape index (κ1) is 16.2. The van der Waals surface area contributed by atoms with Crippen LogP contribution >= 0.6 is 0 Å². The van der Waals surface area contributed by atoms with E-state index in [1.807, 2.05) is 0 Å². The van der Waals surface area contributed by atoms with Crippen molar-refractivity contribution in [1.29, 1.82) is 0 Å². The number of anilines is 1. The Kier molecular flexibility index (Phi) is 6.37. The van der Waals surface area contributed by atoms with Gasteiger partial charge in [-0.05, 0) is 56.3 Å². The summed E-state index contributed by atoms with van der Waals surface area (Å²) in [4.78, 5) is 2.55. The normalized spacial score (nSPS) is 18.8. The van der Waals surface area contributed by atoms with Crippen molar-refractivity contribution in [2.45, 2.75) is 58.5 Å². The van der Waals surface area contributed by atoms with E-state index in [-0.39, 0.29) is 0 Å². The van der Waals surface area contributed by atoms with Gasteiger partial charge in [0.05, 0.1) is 12.8 Å². The Morgan fingerprint density at radius 2 is 2.14 bits per heavy atom. The van der Waals surface area contributed by atoms with Crippen molar-refractivity contribution in [3.8, 4) is 5.75 Å². The fourth-order valence-electron chi connectivity index (χ4n) is 3.22. The molecule has 0 amide bonds. The van der Waals surface area contributed by atoms with Crippen LogP contribution in [0.3, 0.4) is 0 Å². The van der Waals surface area contributed by atoms with Crippen molar-refractivity contribution in [2.75, 3.05) is 25.1 Å². The highest BCUT2D eigenvalue weighted by atomic mass is 16.5. The molecule has 3 nitrogen and oxygen atoms in total. The van der Waals surface area contributed by atoms with Crippen LogP contribution in [0.2, 0.25) is 0 Å². The summed E-state index contributed by atoms with van der Waals surface area (Å²) in [5.41, 5.74) is 2.57. The summed E-state index contributed by atoms with van der Waals surface area (Å²) in [6.45, 7) is 7.62. The van der Waals surface area contributed by atoms with E-state index in [0.29, 0.717) is 6.04 Å². The average Bonchev–Trinajstić information content (AvgIpc) is 2.55. The van der Waals surface area contributed by atoms with Gasteiger partial charge in [0.15, 0.2) is 0 Å². The van der Waals surface area contributed by atoms with E-state index in [0.717, 1.165) is 25.4 Å². The SMILES string of the molecule is CCCNCc1ccc(N2CCCCC2CC)c(OC)c1. The van der Waals surface area contributed by atoms with Gasteiger partial charge in [0.25, 0.3) is 0 Å². The molecule has 118 valence electrons. The number of nitrogens with one attached hydrogen (secondary N) is 1. The topological polar surface area (TPSA) is 24.5 Å². The maximum absolute atomic E-state index is 5.67. The average molecular weight is 290 g/mol. The molecule has 1 saturated heterocycles. The quantitative estimate of drug-likeness (QED) is 0.769. The number of piperidine rings is 1. The molecule has 0 aliphatic carbocycles. The van der Waals surface area contributed by atoms with Gasteiger partial charge in [-0.2, -0.15) is 0 Å². The Hall–Kier alpha value is -1.22. The van der Waals surface area contributed by atoms with E-state index < -0.39 is 0 Å². The largest absolute Gasteiger partial charge is 0.495 e. The lowest BCUT2D eigenvalue weighted by Crippen LogP contribution is -2.39. The van der Waals surface area contributed by atoms with Gasteiger partial charge in [0.2, 0.25) is 0 Å². The molecule has 1 aliphatic rings. The molecule has 0 saturated carbocycles. The minimum atomic E-state index is 0.664. The molecule has 2 rings (SSSR count). The zero-order chi connectivity index (χ0) is 15.1. The smallest absolute Gasteiger partial charge is 0.142 e. The number of methoxy groups -OCH3 is 1. The molecule has 21 heavy (non-hydrogen) atoms. The number of ether oxygens (including phenoxy) is 1. The lowest BCUT2D eigenvalue weighted by Gasteiger charge is -2.38. The molecular weight excluding hydrogens is 260 g/mol. The highest BCUT2D eigenvalue weighted by Crippen LogP contribution is 2.34. The monoisotopic (exact) mass is 290 g/mol. The Balaban J connectivity index is 2.14. The molecule has 1 unspecified atom stereocenters. The predicted octanol–water partition coefficient (Wildman–Crippen LogP) is 3.96. The third kappa shape index (κ3) is 4.13. The highest BCUT2D eigenvalue weighted by Gasteiger charge is 2.23. The molecule has 1 heterocycles. The van der Waals surface area contributed by atoms with E-state index in [1.54, 1.807) is 7.11 Å². The minimum absolute atomic E-state index is 0.664. The highest BCUT2D eigenvalue weighted by molar-refractivity contribution is 5.60. The molecule has 0 radical (unpaired) electrons. The fraction of sp³-hybridized carbons (Fsp3) is 0.667. The maximum atomic E-state index is 5.67. The molecular formula is C18H30N2O. The van der Waals surface area contributed by atoms with Crippen molar-refractivity contribution in [2.24, 2.45) is 0 Å². The third-order valence-electron chi connectivity index (χ3n) is 4.41. The van der Waals surface area contributed by atoms with Crippen LogP contribution in [-0.4, -0.2) is 26.2 Å². The van der Waals surface area contributed by atoms with Crippen LogP contribution in [0.15, 0.2) is 18.2 Å². The molecule has 3 heteroatoms. The van der Waals surface area contributed by atoms with Gasteiger partial charge in [0.1, 0.15) is 5.75 Å². The summed E-state index contributed by atoms with van der Waals surface area (Å²) < 4.78 is 5.67. The van der Waals surface area contributed by atoms with Crippen LogP contribution in [0, 0.1) is 0 Å². The summed E-state index contributed by atoms with van der Waals surface area (Å²) in [5, 5.41) is 3.45. The molecule has 0 bridgehead atoms. The van der Waals surface area contributed by atoms with Crippen LogP contribution in [0.25, 0.3) is 0 Å². The molecule has 0 aromatic heterocycles.